The first kappa shape index (κ1) is 19.6. The number of rotatable bonds is 6. The summed E-state index contributed by atoms with van der Waals surface area (Å²) < 4.78 is 40.5. The summed E-state index contributed by atoms with van der Waals surface area (Å²) in [5, 5.41) is 0. The van der Waals surface area contributed by atoms with Crippen LogP contribution in [-0.4, -0.2) is 41.0 Å². The van der Waals surface area contributed by atoms with Gasteiger partial charge in [0.25, 0.3) is 0 Å². The molecule has 7 heteroatoms. The third-order valence-corrected chi connectivity index (χ3v) is 3.89. The molecule has 4 nitrogen and oxygen atoms in total. The van der Waals surface area contributed by atoms with Gasteiger partial charge in [0.05, 0.1) is 12.1 Å². The number of halogens is 3. The first-order valence-electron chi connectivity index (χ1n) is 8.09. The van der Waals surface area contributed by atoms with E-state index < -0.39 is 11.7 Å². The molecule has 0 unspecified atom stereocenters. The number of urea groups is 1. The molecule has 0 aliphatic rings. The lowest BCUT2D eigenvalue weighted by Crippen LogP contribution is -2.39. The molecule has 0 N–H and O–H groups in total. The Morgan fingerprint density at radius 1 is 1.23 bits per heavy atom. The molecule has 0 bridgehead atoms. The summed E-state index contributed by atoms with van der Waals surface area (Å²) in [5.41, 5.74) is 0.714. The molecule has 0 spiro atoms. The molecule has 0 radical (unpaired) electrons. The molecular formula is C19H22F3N3O. The molecule has 0 saturated carbocycles. The quantitative estimate of drug-likeness (QED) is 0.705. The minimum absolute atomic E-state index is 0.156. The summed E-state index contributed by atoms with van der Waals surface area (Å²) in [4.78, 5) is 15.3. The minimum atomic E-state index is -4.37. The van der Waals surface area contributed by atoms with Crippen LogP contribution in [0.2, 0.25) is 0 Å². The molecule has 1 aromatic heterocycles. The summed E-state index contributed by atoms with van der Waals surface area (Å²) in [6.45, 7) is 4.69. The van der Waals surface area contributed by atoms with Crippen LogP contribution in [0.25, 0.3) is 0 Å². The molecule has 1 heterocycles. The van der Waals surface area contributed by atoms with Gasteiger partial charge in [-0.3, -0.25) is 0 Å². The highest BCUT2D eigenvalue weighted by atomic mass is 19.4. The second kappa shape index (κ2) is 8.12. The van der Waals surface area contributed by atoms with Gasteiger partial charge in [-0.05, 0) is 29.8 Å². The molecule has 140 valence electrons. The van der Waals surface area contributed by atoms with Crippen molar-refractivity contribution in [1.29, 1.82) is 0 Å². The third kappa shape index (κ3) is 4.91. The Bertz CT molecular complexity index is 765. The Morgan fingerprint density at radius 3 is 2.58 bits per heavy atom. The average molecular weight is 365 g/mol. The molecule has 26 heavy (non-hydrogen) atoms. The number of hydrogen-bond donors (Lipinski definition) is 0. The van der Waals surface area contributed by atoms with Gasteiger partial charge >= 0.3 is 12.2 Å². The smallest absolute Gasteiger partial charge is 0.345 e. The van der Waals surface area contributed by atoms with Crippen molar-refractivity contribution in [2.45, 2.75) is 19.3 Å². The van der Waals surface area contributed by atoms with Gasteiger partial charge in [0, 0.05) is 39.1 Å². The van der Waals surface area contributed by atoms with Crippen LogP contribution in [-0.2, 0) is 19.3 Å². The van der Waals surface area contributed by atoms with Gasteiger partial charge in [-0.1, -0.05) is 18.2 Å². The number of carbonyl (C=O) groups excluding carboxylic acids is 1. The lowest BCUT2D eigenvalue weighted by atomic mass is 10.1. The van der Waals surface area contributed by atoms with Crippen LogP contribution in [0.15, 0.2) is 55.3 Å². The zero-order chi connectivity index (χ0) is 19.3. The fraction of sp³-hybridized carbons (Fsp3) is 0.316. The zero-order valence-corrected chi connectivity index (χ0v) is 14.8. The number of nitrogens with zero attached hydrogens (tertiary/aromatic N) is 3. The van der Waals surface area contributed by atoms with E-state index in [0.717, 1.165) is 17.8 Å². The molecule has 0 saturated heterocycles. The average Bonchev–Trinajstić information content (AvgIpc) is 3.00. The van der Waals surface area contributed by atoms with Crippen LogP contribution >= 0.6 is 0 Å². The number of carbonyl (C=O) groups is 1. The number of alkyl halides is 3. The molecule has 2 amide bonds. The van der Waals surface area contributed by atoms with E-state index in [9.17, 15) is 18.0 Å². The Balaban J connectivity index is 2.20. The van der Waals surface area contributed by atoms with Gasteiger partial charge in [0.15, 0.2) is 0 Å². The van der Waals surface area contributed by atoms with Crippen molar-refractivity contribution in [2.75, 3.05) is 20.6 Å². The lowest BCUT2D eigenvalue weighted by Gasteiger charge is -2.25. The maximum atomic E-state index is 12.9. The fourth-order valence-corrected chi connectivity index (χ4v) is 2.63. The Labute approximate surface area is 151 Å². The molecule has 0 aliphatic carbocycles. The van der Waals surface area contributed by atoms with E-state index in [-0.39, 0.29) is 6.03 Å². The van der Waals surface area contributed by atoms with Crippen LogP contribution in [0.5, 0.6) is 0 Å². The van der Waals surface area contributed by atoms with Crippen LogP contribution in [0.4, 0.5) is 18.0 Å². The molecule has 2 aromatic rings. The van der Waals surface area contributed by atoms with Crippen LogP contribution in [0.3, 0.4) is 0 Å². The topological polar surface area (TPSA) is 28.5 Å². The van der Waals surface area contributed by atoms with E-state index in [4.69, 9.17) is 0 Å². The third-order valence-electron chi connectivity index (χ3n) is 3.89. The number of amides is 2. The van der Waals surface area contributed by atoms with E-state index in [1.54, 1.807) is 37.3 Å². The van der Waals surface area contributed by atoms with Crippen molar-refractivity contribution in [1.82, 2.24) is 14.4 Å². The maximum absolute atomic E-state index is 12.9. The second-order valence-corrected chi connectivity index (χ2v) is 6.17. The summed E-state index contributed by atoms with van der Waals surface area (Å²) in [5.74, 6) is 0. The van der Waals surface area contributed by atoms with Gasteiger partial charge < -0.3 is 14.4 Å². The highest BCUT2D eigenvalue weighted by Gasteiger charge is 2.30. The Hall–Kier alpha value is -2.70. The summed E-state index contributed by atoms with van der Waals surface area (Å²) >= 11 is 0. The summed E-state index contributed by atoms with van der Waals surface area (Å²) in [6, 6.07) is 8.78. The van der Waals surface area contributed by atoms with Crippen molar-refractivity contribution in [2.24, 2.45) is 0 Å². The molecule has 0 atom stereocenters. The van der Waals surface area contributed by atoms with Gasteiger partial charge in [-0.15, -0.1) is 6.58 Å². The normalized spacial score (nSPS) is 11.3. The highest BCUT2D eigenvalue weighted by Crippen LogP contribution is 2.29. The van der Waals surface area contributed by atoms with Crippen molar-refractivity contribution in [3.05, 3.63) is 72.1 Å². The van der Waals surface area contributed by atoms with Crippen LogP contribution < -0.4 is 0 Å². The molecular weight excluding hydrogens is 343 g/mol. The van der Waals surface area contributed by atoms with Crippen LogP contribution in [0.1, 0.15) is 16.8 Å². The maximum Gasteiger partial charge on any atom is 0.416 e. The van der Waals surface area contributed by atoms with E-state index >= 15 is 0 Å². The van der Waals surface area contributed by atoms with Gasteiger partial charge in [0.1, 0.15) is 0 Å². The van der Waals surface area contributed by atoms with Crippen molar-refractivity contribution >= 4 is 6.03 Å². The minimum Gasteiger partial charge on any atom is -0.345 e. The Kier molecular flexibility index (Phi) is 6.13. The number of hydrogen-bond acceptors (Lipinski definition) is 1. The van der Waals surface area contributed by atoms with E-state index in [0.29, 0.717) is 25.2 Å². The van der Waals surface area contributed by atoms with Crippen LogP contribution in [0, 0.1) is 0 Å². The van der Waals surface area contributed by atoms with Gasteiger partial charge in [-0.2, -0.15) is 13.2 Å². The highest BCUT2D eigenvalue weighted by molar-refractivity contribution is 5.73. The van der Waals surface area contributed by atoms with Gasteiger partial charge in [-0.25, -0.2) is 4.79 Å². The van der Waals surface area contributed by atoms with Gasteiger partial charge in [0.2, 0.25) is 0 Å². The zero-order valence-electron chi connectivity index (χ0n) is 14.8. The fourth-order valence-electron chi connectivity index (χ4n) is 2.63. The van der Waals surface area contributed by atoms with E-state index in [2.05, 4.69) is 6.58 Å². The standard InChI is InChI=1S/C19H22F3N3O/c1-4-10-25(18(26)23(2)3)14-17-9-6-11-24(17)13-15-7-5-8-16(12-15)19(20,21)22/h4-9,11-12H,1,10,13-14H2,2-3H3. The SMILES string of the molecule is C=CCN(Cc1cccn1Cc1cccc(C(F)(F)F)c1)C(=O)N(C)C. The summed E-state index contributed by atoms with van der Waals surface area (Å²) in [7, 11) is 3.33. The lowest BCUT2D eigenvalue weighted by molar-refractivity contribution is -0.137. The van der Waals surface area contributed by atoms with E-state index in [1.165, 1.54) is 11.0 Å². The molecule has 0 aliphatic heterocycles. The Morgan fingerprint density at radius 2 is 1.96 bits per heavy atom. The van der Waals surface area contributed by atoms with Crippen molar-refractivity contribution in [3.8, 4) is 0 Å². The molecule has 2 rings (SSSR count). The number of benzene rings is 1. The monoisotopic (exact) mass is 365 g/mol. The first-order chi connectivity index (χ1) is 12.2. The van der Waals surface area contributed by atoms with Crippen molar-refractivity contribution < 1.29 is 18.0 Å². The predicted molar refractivity (Wildman–Crippen MR) is 94.7 cm³/mol. The number of aromatic nitrogens is 1. The molecule has 0 fully saturated rings. The van der Waals surface area contributed by atoms with E-state index in [1.807, 2.05) is 16.7 Å². The largest absolute Gasteiger partial charge is 0.416 e. The first-order valence-corrected chi connectivity index (χ1v) is 8.09. The summed E-state index contributed by atoms with van der Waals surface area (Å²) in [6.07, 6.45) is -0.933. The predicted octanol–water partition coefficient (Wildman–Crippen LogP) is 4.22. The second-order valence-electron chi connectivity index (χ2n) is 6.17. The molecule has 1 aromatic carbocycles. The van der Waals surface area contributed by atoms with Crippen molar-refractivity contribution in [3.63, 3.8) is 0 Å².